The maximum atomic E-state index is 15.0. The van der Waals surface area contributed by atoms with Gasteiger partial charge in [-0.1, -0.05) is 38.0 Å². The van der Waals surface area contributed by atoms with Crippen molar-refractivity contribution in [2.45, 2.75) is 69.0 Å². The second-order valence-corrected chi connectivity index (χ2v) is 13.0. The maximum Gasteiger partial charge on any atom is 0.266 e. The fourth-order valence-corrected chi connectivity index (χ4v) is 6.97. The zero-order valence-electron chi connectivity index (χ0n) is 22.5. The van der Waals surface area contributed by atoms with Crippen LogP contribution in [0.5, 0.6) is 5.75 Å². The Morgan fingerprint density at radius 1 is 1.16 bits per heavy atom. The van der Waals surface area contributed by atoms with Crippen LogP contribution in [0.4, 0.5) is 15.2 Å². The minimum Gasteiger partial charge on any atom is -0.493 e. The molecule has 38 heavy (non-hydrogen) atoms. The maximum absolute atomic E-state index is 15.0. The van der Waals surface area contributed by atoms with Gasteiger partial charge in [0.2, 0.25) is 0 Å². The number of aromatic nitrogens is 1. The lowest BCUT2D eigenvalue weighted by Gasteiger charge is -2.37. The number of fused-ring (bicyclic) bond motifs is 1. The van der Waals surface area contributed by atoms with E-state index in [9.17, 15) is 8.42 Å². The van der Waals surface area contributed by atoms with E-state index in [1.165, 1.54) is 29.9 Å². The Morgan fingerprint density at radius 3 is 2.68 bits per heavy atom. The standard InChI is InChI=1S/C27H38FN5O3S2/c1-18(2)29-14-7-15-36-20-11-12-23-25(17-20)37-27(31-23)32-38(34,35)26-13-10-19(16-21(26)28)30-22-8-5-6-9-24(22)33(3)4/h10-13,16-18,22,24,29-30H,5-9,14-15H2,1-4H3,(H,31,32)/t22-,24-/m0/s1. The summed E-state index contributed by atoms with van der Waals surface area (Å²) in [7, 11) is -0.0532. The molecule has 1 heterocycles. The molecule has 2 aromatic carbocycles. The molecule has 0 radical (unpaired) electrons. The van der Waals surface area contributed by atoms with Crippen molar-refractivity contribution in [2.75, 3.05) is 37.3 Å². The van der Waals surface area contributed by atoms with Gasteiger partial charge >= 0.3 is 0 Å². The van der Waals surface area contributed by atoms with Gasteiger partial charge in [-0.15, -0.1) is 0 Å². The lowest BCUT2D eigenvalue weighted by Crippen LogP contribution is -2.45. The molecule has 0 saturated heterocycles. The van der Waals surface area contributed by atoms with Crippen LogP contribution in [0, 0.1) is 5.82 Å². The van der Waals surface area contributed by atoms with Crippen LogP contribution in [0.3, 0.4) is 0 Å². The monoisotopic (exact) mass is 563 g/mol. The fraction of sp³-hybridized carbons (Fsp3) is 0.519. The molecule has 0 bridgehead atoms. The molecular weight excluding hydrogens is 525 g/mol. The van der Waals surface area contributed by atoms with Crippen LogP contribution in [0.2, 0.25) is 0 Å². The first-order valence-corrected chi connectivity index (χ1v) is 15.4. The van der Waals surface area contributed by atoms with Crippen LogP contribution in [0.15, 0.2) is 41.3 Å². The Labute approximate surface area is 229 Å². The number of likely N-dealkylation sites (N-methyl/N-ethyl adjacent to an activating group) is 1. The van der Waals surface area contributed by atoms with Crippen molar-refractivity contribution in [2.24, 2.45) is 0 Å². The number of nitrogens with one attached hydrogen (secondary N) is 3. The van der Waals surface area contributed by atoms with Crippen molar-refractivity contribution in [3.05, 3.63) is 42.2 Å². The predicted molar refractivity (Wildman–Crippen MR) is 153 cm³/mol. The Bertz CT molecular complexity index is 1330. The number of sulfonamides is 1. The molecule has 0 spiro atoms. The SMILES string of the molecule is CC(C)NCCCOc1ccc2nc(NS(=O)(=O)c3ccc(N[C@H]4CCCC[C@@H]4N(C)C)cc3F)sc2c1. The summed E-state index contributed by atoms with van der Waals surface area (Å²) in [4.78, 5) is 6.15. The van der Waals surface area contributed by atoms with Gasteiger partial charge in [-0.2, -0.15) is 0 Å². The molecule has 1 saturated carbocycles. The van der Waals surface area contributed by atoms with E-state index in [1.807, 2.05) is 12.1 Å². The van der Waals surface area contributed by atoms with Crippen LogP contribution in [0.25, 0.3) is 10.2 Å². The summed E-state index contributed by atoms with van der Waals surface area (Å²) < 4.78 is 50.1. The van der Waals surface area contributed by atoms with Crippen LogP contribution >= 0.6 is 11.3 Å². The number of nitrogens with zero attached hydrogens (tertiary/aromatic N) is 2. The Balaban J connectivity index is 1.41. The summed E-state index contributed by atoms with van der Waals surface area (Å²) in [6.45, 7) is 5.65. The predicted octanol–water partition coefficient (Wildman–Crippen LogP) is 5.29. The molecule has 3 aromatic rings. The van der Waals surface area contributed by atoms with E-state index >= 15 is 4.39 Å². The Morgan fingerprint density at radius 2 is 1.95 bits per heavy atom. The summed E-state index contributed by atoms with van der Waals surface area (Å²) in [6, 6.07) is 10.6. The van der Waals surface area contributed by atoms with Gasteiger partial charge in [-0.05, 0) is 76.3 Å². The summed E-state index contributed by atoms with van der Waals surface area (Å²) in [5, 5.41) is 6.93. The highest BCUT2D eigenvalue weighted by Gasteiger charge is 2.27. The number of ether oxygens (including phenoxy) is 1. The van der Waals surface area contributed by atoms with E-state index in [0.29, 0.717) is 35.6 Å². The van der Waals surface area contributed by atoms with E-state index in [1.54, 1.807) is 12.1 Å². The highest BCUT2D eigenvalue weighted by atomic mass is 32.2. The van der Waals surface area contributed by atoms with Crippen LogP contribution in [0.1, 0.15) is 46.0 Å². The normalized spacial score (nSPS) is 18.3. The molecule has 1 fully saturated rings. The van der Waals surface area contributed by atoms with Crippen molar-refractivity contribution >= 4 is 42.4 Å². The fourth-order valence-electron chi connectivity index (χ4n) is 4.78. The first kappa shape index (κ1) is 28.5. The minimum atomic E-state index is -4.15. The van der Waals surface area contributed by atoms with Gasteiger partial charge in [0.1, 0.15) is 16.5 Å². The molecule has 11 heteroatoms. The van der Waals surface area contributed by atoms with E-state index in [-0.39, 0.29) is 11.2 Å². The first-order chi connectivity index (χ1) is 18.1. The second-order valence-electron chi connectivity index (χ2n) is 10.3. The van der Waals surface area contributed by atoms with E-state index in [0.717, 1.165) is 36.9 Å². The Hall–Kier alpha value is -2.47. The highest BCUT2D eigenvalue weighted by Crippen LogP contribution is 2.32. The molecule has 4 rings (SSSR count). The van der Waals surface area contributed by atoms with E-state index in [4.69, 9.17) is 4.74 Å². The molecule has 2 atom stereocenters. The summed E-state index contributed by atoms with van der Waals surface area (Å²) in [6.07, 6.45) is 5.24. The number of hydrogen-bond donors (Lipinski definition) is 3. The van der Waals surface area contributed by atoms with Crippen molar-refractivity contribution in [3.8, 4) is 5.75 Å². The molecule has 8 nitrogen and oxygen atoms in total. The van der Waals surface area contributed by atoms with Crippen molar-refractivity contribution in [1.29, 1.82) is 0 Å². The number of anilines is 2. The van der Waals surface area contributed by atoms with Crippen LogP contribution in [-0.2, 0) is 10.0 Å². The van der Waals surface area contributed by atoms with Gasteiger partial charge in [0.05, 0.1) is 16.8 Å². The third-order valence-electron chi connectivity index (χ3n) is 6.69. The molecule has 1 aliphatic carbocycles. The van der Waals surface area contributed by atoms with Crippen LogP contribution < -0.4 is 20.1 Å². The van der Waals surface area contributed by atoms with Crippen molar-refractivity contribution < 1.29 is 17.5 Å². The highest BCUT2D eigenvalue weighted by molar-refractivity contribution is 7.93. The number of benzene rings is 2. The summed E-state index contributed by atoms with van der Waals surface area (Å²) in [5.74, 6) is -0.104. The van der Waals surface area contributed by atoms with Gasteiger partial charge in [-0.25, -0.2) is 17.8 Å². The molecule has 0 aliphatic heterocycles. The molecular formula is C27H38FN5O3S2. The van der Waals surface area contributed by atoms with Crippen LogP contribution in [-0.4, -0.2) is 63.7 Å². The second kappa shape index (κ2) is 12.6. The Kier molecular flexibility index (Phi) is 9.45. The molecule has 1 aliphatic rings. The lowest BCUT2D eigenvalue weighted by atomic mass is 9.89. The van der Waals surface area contributed by atoms with E-state index < -0.39 is 20.7 Å². The average Bonchev–Trinajstić information content (AvgIpc) is 3.24. The number of rotatable bonds is 12. The van der Waals surface area contributed by atoms with Crippen molar-refractivity contribution in [3.63, 3.8) is 0 Å². The molecule has 1 aromatic heterocycles. The van der Waals surface area contributed by atoms with Gasteiger partial charge in [0, 0.05) is 23.8 Å². The molecule has 0 unspecified atom stereocenters. The summed E-state index contributed by atoms with van der Waals surface area (Å²) in [5.41, 5.74) is 1.22. The number of hydrogen-bond acceptors (Lipinski definition) is 8. The summed E-state index contributed by atoms with van der Waals surface area (Å²) >= 11 is 1.18. The number of halogens is 1. The smallest absolute Gasteiger partial charge is 0.266 e. The molecule has 3 N–H and O–H groups in total. The third-order valence-corrected chi connectivity index (χ3v) is 9.13. The lowest BCUT2D eigenvalue weighted by molar-refractivity contribution is 0.211. The number of thiazole rings is 1. The average molecular weight is 564 g/mol. The topological polar surface area (TPSA) is 95.6 Å². The van der Waals surface area contributed by atoms with Gasteiger partial charge in [0.25, 0.3) is 10.0 Å². The van der Waals surface area contributed by atoms with Gasteiger partial charge in [0.15, 0.2) is 5.13 Å². The van der Waals surface area contributed by atoms with Gasteiger partial charge in [-0.3, -0.25) is 4.72 Å². The van der Waals surface area contributed by atoms with Crippen molar-refractivity contribution in [1.82, 2.24) is 15.2 Å². The van der Waals surface area contributed by atoms with Gasteiger partial charge < -0.3 is 20.3 Å². The molecule has 208 valence electrons. The first-order valence-electron chi connectivity index (χ1n) is 13.1. The third kappa shape index (κ3) is 7.34. The van der Waals surface area contributed by atoms with E-state index in [2.05, 4.69) is 53.2 Å². The molecule has 0 amide bonds. The largest absolute Gasteiger partial charge is 0.493 e. The quantitative estimate of drug-likeness (QED) is 0.258. The zero-order chi connectivity index (χ0) is 27.3. The minimum absolute atomic E-state index is 0.177. The zero-order valence-corrected chi connectivity index (χ0v) is 24.1.